The van der Waals surface area contributed by atoms with Crippen molar-refractivity contribution in [2.75, 3.05) is 6.61 Å². The summed E-state index contributed by atoms with van der Waals surface area (Å²) in [7, 11) is -2.04. The Morgan fingerprint density at radius 1 is 0.919 bits per heavy atom. The van der Waals surface area contributed by atoms with E-state index in [1.54, 1.807) is 12.1 Å². The van der Waals surface area contributed by atoms with Crippen molar-refractivity contribution in [2.45, 2.75) is 45.3 Å². The van der Waals surface area contributed by atoms with Gasteiger partial charge in [0.25, 0.3) is 0 Å². The Labute approximate surface area is 220 Å². The van der Waals surface area contributed by atoms with Crippen LogP contribution in [0.4, 0.5) is 0 Å². The third-order valence-corrected chi connectivity index (χ3v) is 10.2. The summed E-state index contributed by atoms with van der Waals surface area (Å²) >= 11 is 0. The maximum absolute atomic E-state index is 13.0. The molecule has 0 bridgehead atoms. The summed E-state index contributed by atoms with van der Waals surface area (Å²) in [5, 5.41) is 2.34. The Kier molecular flexibility index (Phi) is 7.06. The Bertz CT molecular complexity index is 1190. The van der Waals surface area contributed by atoms with Crippen LogP contribution < -0.4 is 10.4 Å². The van der Waals surface area contributed by atoms with Gasteiger partial charge in [0.15, 0.2) is 0 Å². The van der Waals surface area contributed by atoms with E-state index >= 15 is 0 Å². The van der Waals surface area contributed by atoms with Crippen LogP contribution in [0.5, 0.6) is 0 Å². The van der Waals surface area contributed by atoms with E-state index in [2.05, 4.69) is 45.0 Å². The van der Waals surface area contributed by atoms with Gasteiger partial charge in [0.05, 0.1) is 18.6 Å². The van der Waals surface area contributed by atoms with Crippen molar-refractivity contribution in [3.63, 3.8) is 0 Å². The molecule has 6 heteroatoms. The molecule has 0 aromatic heterocycles. The average molecular weight is 515 g/mol. The number of rotatable bonds is 7. The van der Waals surface area contributed by atoms with Crippen molar-refractivity contribution in [3.8, 4) is 0 Å². The van der Waals surface area contributed by atoms with Crippen LogP contribution in [0, 0.1) is 17.3 Å². The Morgan fingerprint density at radius 2 is 1.46 bits per heavy atom. The second-order valence-corrected chi connectivity index (χ2v) is 13.7. The number of carbonyl (C=O) groups is 2. The molecule has 1 heterocycles. The summed E-state index contributed by atoms with van der Waals surface area (Å²) in [6, 6.07) is 29.6. The molecule has 192 valence electrons. The summed E-state index contributed by atoms with van der Waals surface area (Å²) in [4.78, 5) is 25.7. The van der Waals surface area contributed by atoms with Crippen LogP contribution in [-0.4, -0.2) is 39.3 Å². The molecule has 5 rings (SSSR count). The van der Waals surface area contributed by atoms with E-state index in [9.17, 15) is 9.59 Å². The van der Waals surface area contributed by atoms with Gasteiger partial charge in [-0.3, -0.25) is 4.79 Å². The third-order valence-electron chi connectivity index (χ3n) is 7.73. The van der Waals surface area contributed by atoms with Gasteiger partial charge in [-0.1, -0.05) is 99.6 Å². The monoisotopic (exact) mass is 514 g/mol. The van der Waals surface area contributed by atoms with Crippen LogP contribution in [0.2, 0.25) is 0 Å². The lowest BCUT2D eigenvalue weighted by Gasteiger charge is -2.36. The minimum Gasteiger partial charge on any atom is -0.458 e. The fraction of sp³-hybridized carbons (Fsp3) is 0.355. The highest BCUT2D eigenvalue weighted by Crippen LogP contribution is 2.56. The average Bonchev–Trinajstić information content (AvgIpc) is 3.35. The number of esters is 2. The van der Waals surface area contributed by atoms with Crippen molar-refractivity contribution >= 4 is 31.4 Å². The zero-order valence-electron chi connectivity index (χ0n) is 21.6. The first kappa shape index (κ1) is 25.4. The molecular formula is C31H34O5Si. The molecule has 0 amide bonds. The van der Waals surface area contributed by atoms with Gasteiger partial charge in [0.1, 0.15) is 11.7 Å². The molecule has 4 atom stereocenters. The van der Waals surface area contributed by atoms with Crippen LogP contribution in [0.15, 0.2) is 91.0 Å². The van der Waals surface area contributed by atoms with E-state index in [4.69, 9.17) is 13.9 Å². The van der Waals surface area contributed by atoms with Gasteiger partial charge >= 0.3 is 11.9 Å². The third kappa shape index (κ3) is 5.27. The fourth-order valence-corrected chi connectivity index (χ4v) is 8.56. The zero-order chi connectivity index (χ0) is 26.0. The molecule has 0 radical (unpaired) electrons. The number of benzene rings is 3. The molecule has 3 aromatic carbocycles. The highest BCUT2D eigenvalue weighted by Gasteiger charge is 2.64. The van der Waals surface area contributed by atoms with E-state index in [0.717, 1.165) is 0 Å². The maximum Gasteiger partial charge on any atom is 0.338 e. The summed E-state index contributed by atoms with van der Waals surface area (Å²) in [5.74, 6) is -0.671. The van der Waals surface area contributed by atoms with Gasteiger partial charge in [-0.15, -0.1) is 0 Å². The van der Waals surface area contributed by atoms with Crippen molar-refractivity contribution in [1.82, 2.24) is 0 Å². The summed E-state index contributed by atoms with van der Waals surface area (Å²) in [5.41, 5.74) is -0.487. The molecule has 0 spiro atoms. The van der Waals surface area contributed by atoms with E-state index < -0.39 is 14.6 Å². The Hall–Kier alpha value is -3.22. The minimum absolute atomic E-state index is 0.0382. The molecule has 0 N–H and O–H groups in total. The molecule has 2 fully saturated rings. The second kappa shape index (κ2) is 10.3. The summed E-state index contributed by atoms with van der Waals surface area (Å²) < 4.78 is 19.0. The van der Waals surface area contributed by atoms with E-state index in [0.29, 0.717) is 18.4 Å². The largest absolute Gasteiger partial charge is 0.458 e. The van der Waals surface area contributed by atoms with Crippen LogP contribution >= 0.6 is 0 Å². The summed E-state index contributed by atoms with van der Waals surface area (Å²) in [6.45, 7) is 6.72. The molecule has 5 nitrogen and oxygen atoms in total. The first-order valence-corrected chi connectivity index (χ1v) is 14.6. The summed E-state index contributed by atoms with van der Waals surface area (Å²) in [6.07, 6.45) is 0.380. The fourth-order valence-electron chi connectivity index (χ4n) is 6.20. The molecular weight excluding hydrogens is 480 g/mol. The van der Waals surface area contributed by atoms with Gasteiger partial charge in [0, 0.05) is 18.3 Å². The highest BCUT2D eigenvalue weighted by atomic mass is 28.3. The smallest absolute Gasteiger partial charge is 0.338 e. The van der Waals surface area contributed by atoms with Crippen molar-refractivity contribution in [1.29, 1.82) is 0 Å². The molecule has 37 heavy (non-hydrogen) atoms. The molecule has 0 unspecified atom stereocenters. The van der Waals surface area contributed by atoms with Crippen LogP contribution in [0.25, 0.3) is 0 Å². The molecule has 1 aliphatic heterocycles. The number of hydrogen-bond acceptors (Lipinski definition) is 5. The predicted octanol–water partition coefficient (Wildman–Crippen LogP) is 4.13. The van der Waals surface area contributed by atoms with Crippen molar-refractivity contribution in [3.05, 3.63) is 96.6 Å². The van der Waals surface area contributed by atoms with E-state index in [1.807, 2.05) is 54.6 Å². The SMILES string of the molecule is CC(C)(C)[C@@H]1[C@H]2CC(=O)O[C@@]2(CO[SiH](c2ccccc2)c2ccccc2)C[C@H]1OC(=O)c1ccccc1. The molecule has 2 aliphatic rings. The highest BCUT2D eigenvalue weighted by molar-refractivity contribution is 6.80. The minimum atomic E-state index is -2.04. The number of fused-ring (bicyclic) bond motifs is 1. The number of carbonyl (C=O) groups excluding carboxylic acids is 2. The van der Waals surface area contributed by atoms with Gasteiger partial charge < -0.3 is 13.9 Å². The lowest BCUT2D eigenvalue weighted by Crippen LogP contribution is -2.49. The first-order valence-electron chi connectivity index (χ1n) is 13.0. The lowest BCUT2D eigenvalue weighted by molar-refractivity contribution is -0.152. The van der Waals surface area contributed by atoms with E-state index in [-0.39, 0.29) is 41.9 Å². The maximum atomic E-state index is 13.0. The zero-order valence-corrected chi connectivity index (χ0v) is 22.8. The number of ether oxygens (including phenoxy) is 2. The normalized spacial score (nSPS) is 25.1. The van der Waals surface area contributed by atoms with Crippen LogP contribution in [0.1, 0.15) is 44.0 Å². The standard InChI is InChI=1S/C31H34O5Si/c1-30(2,3)28-25-19-27(32)36-31(25,20-26(28)35-29(33)22-13-7-4-8-14-22)21-34-37(23-15-9-5-10-16-23)24-17-11-6-12-18-24/h4-18,25-26,28,37H,19-21H2,1-3H3/t25-,26-,28-,31-/m1/s1. The lowest BCUT2D eigenvalue weighted by atomic mass is 9.71. The molecule has 1 aliphatic carbocycles. The molecule has 1 saturated carbocycles. The van der Waals surface area contributed by atoms with Crippen molar-refractivity contribution < 1.29 is 23.5 Å². The van der Waals surface area contributed by atoms with Gasteiger partial charge in [-0.05, 0) is 27.9 Å². The van der Waals surface area contributed by atoms with Crippen LogP contribution in [-0.2, 0) is 18.7 Å². The second-order valence-electron chi connectivity index (χ2n) is 11.3. The molecule has 1 saturated heterocycles. The van der Waals surface area contributed by atoms with Gasteiger partial charge in [-0.25, -0.2) is 4.79 Å². The van der Waals surface area contributed by atoms with Crippen molar-refractivity contribution in [2.24, 2.45) is 17.3 Å². The molecule has 3 aromatic rings. The van der Waals surface area contributed by atoms with E-state index in [1.165, 1.54) is 10.4 Å². The topological polar surface area (TPSA) is 61.8 Å². The van der Waals surface area contributed by atoms with Gasteiger partial charge in [0.2, 0.25) is 9.04 Å². The van der Waals surface area contributed by atoms with Crippen LogP contribution in [0.3, 0.4) is 0 Å². The predicted molar refractivity (Wildman–Crippen MR) is 145 cm³/mol. The first-order chi connectivity index (χ1) is 17.8. The Balaban J connectivity index is 1.44. The quantitative estimate of drug-likeness (QED) is 0.350. The Morgan fingerprint density at radius 3 is 2.00 bits per heavy atom. The number of hydrogen-bond donors (Lipinski definition) is 0. The van der Waals surface area contributed by atoms with Gasteiger partial charge in [-0.2, -0.15) is 0 Å².